The molecule has 3 heteroatoms. The minimum atomic E-state index is -0.216. The molecule has 94 valence electrons. The standard InChI is InChI=1S/C17H10N2O/c18-11-14-7-5-13(6-8-14)9-10-17(20)16-4-2-1-3-15(16)12-19/h1-10H. The second-order valence-corrected chi connectivity index (χ2v) is 4.09. The van der Waals surface area contributed by atoms with Crippen LogP contribution in [0.1, 0.15) is 27.0 Å². The first-order valence-electron chi connectivity index (χ1n) is 5.96. The second-order valence-electron chi connectivity index (χ2n) is 4.09. The Morgan fingerprint density at radius 2 is 1.65 bits per heavy atom. The fourth-order valence-electron chi connectivity index (χ4n) is 1.73. The first kappa shape index (κ1) is 13.3. The lowest BCUT2D eigenvalue weighted by Gasteiger charge is -1.98. The molecule has 2 rings (SSSR count). The normalized spacial score (nSPS) is 9.90. The fraction of sp³-hybridized carbons (Fsp3) is 0. The summed E-state index contributed by atoms with van der Waals surface area (Å²) in [5.41, 5.74) is 2.15. The number of nitriles is 2. The Labute approximate surface area is 117 Å². The van der Waals surface area contributed by atoms with Gasteiger partial charge in [0.2, 0.25) is 0 Å². The van der Waals surface area contributed by atoms with Crippen LogP contribution in [0.15, 0.2) is 54.6 Å². The van der Waals surface area contributed by atoms with Crippen LogP contribution in [0.25, 0.3) is 6.08 Å². The van der Waals surface area contributed by atoms with Gasteiger partial charge in [-0.3, -0.25) is 4.79 Å². The van der Waals surface area contributed by atoms with Crippen molar-refractivity contribution in [3.63, 3.8) is 0 Å². The van der Waals surface area contributed by atoms with Crippen molar-refractivity contribution in [2.24, 2.45) is 0 Å². The number of carbonyl (C=O) groups is 1. The topological polar surface area (TPSA) is 64.7 Å². The molecule has 3 nitrogen and oxygen atoms in total. The molecule has 0 aliphatic rings. The average Bonchev–Trinajstić information content (AvgIpc) is 2.53. The summed E-state index contributed by atoms with van der Waals surface area (Å²) in [5.74, 6) is -0.216. The van der Waals surface area contributed by atoms with E-state index in [0.29, 0.717) is 16.7 Å². The molecule has 0 fully saturated rings. The van der Waals surface area contributed by atoms with Gasteiger partial charge in [-0.25, -0.2) is 0 Å². The number of ketones is 1. The molecule has 2 aromatic carbocycles. The number of rotatable bonds is 3. The minimum Gasteiger partial charge on any atom is -0.289 e. The van der Waals surface area contributed by atoms with Crippen molar-refractivity contribution in [1.29, 1.82) is 10.5 Å². The molecule has 0 amide bonds. The number of benzene rings is 2. The highest BCUT2D eigenvalue weighted by Gasteiger charge is 2.06. The third kappa shape index (κ3) is 2.98. The van der Waals surface area contributed by atoms with E-state index in [9.17, 15) is 4.79 Å². The molecule has 0 aliphatic carbocycles. The van der Waals surface area contributed by atoms with Gasteiger partial charge in [0.15, 0.2) is 5.78 Å². The Bertz CT molecular complexity index is 744. The van der Waals surface area contributed by atoms with E-state index in [-0.39, 0.29) is 5.78 Å². The summed E-state index contributed by atoms with van der Waals surface area (Å²) in [7, 11) is 0. The molecule has 0 unspecified atom stereocenters. The van der Waals surface area contributed by atoms with Crippen molar-refractivity contribution in [3.8, 4) is 12.1 Å². The lowest BCUT2D eigenvalue weighted by molar-refractivity contribution is 0.104. The summed E-state index contributed by atoms with van der Waals surface area (Å²) in [6, 6.07) is 17.6. The van der Waals surface area contributed by atoms with Gasteiger partial charge in [0.1, 0.15) is 0 Å². The van der Waals surface area contributed by atoms with Crippen molar-refractivity contribution in [3.05, 3.63) is 76.9 Å². The third-order valence-electron chi connectivity index (χ3n) is 2.78. The molecule has 0 N–H and O–H groups in total. The molecule has 0 aromatic heterocycles. The quantitative estimate of drug-likeness (QED) is 0.626. The largest absolute Gasteiger partial charge is 0.289 e. The Morgan fingerprint density at radius 3 is 2.30 bits per heavy atom. The van der Waals surface area contributed by atoms with Crippen LogP contribution in [-0.4, -0.2) is 5.78 Å². The first-order valence-corrected chi connectivity index (χ1v) is 5.96. The highest BCUT2D eigenvalue weighted by atomic mass is 16.1. The van der Waals surface area contributed by atoms with Crippen LogP contribution in [0, 0.1) is 22.7 Å². The van der Waals surface area contributed by atoms with Gasteiger partial charge in [0, 0.05) is 5.56 Å². The monoisotopic (exact) mass is 258 g/mol. The molecule has 20 heavy (non-hydrogen) atoms. The summed E-state index contributed by atoms with van der Waals surface area (Å²) >= 11 is 0. The van der Waals surface area contributed by atoms with E-state index in [1.165, 1.54) is 6.08 Å². The van der Waals surface area contributed by atoms with E-state index >= 15 is 0 Å². The van der Waals surface area contributed by atoms with Crippen molar-refractivity contribution in [2.45, 2.75) is 0 Å². The van der Waals surface area contributed by atoms with Gasteiger partial charge >= 0.3 is 0 Å². The molecular formula is C17H10N2O. The Morgan fingerprint density at radius 1 is 0.950 bits per heavy atom. The summed E-state index contributed by atoms with van der Waals surface area (Å²) in [4.78, 5) is 12.0. The maximum atomic E-state index is 12.0. The summed E-state index contributed by atoms with van der Waals surface area (Å²) in [6.07, 6.45) is 3.09. The predicted octanol–water partition coefficient (Wildman–Crippen LogP) is 3.33. The van der Waals surface area contributed by atoms with Crippen molar-refractivity contribution in [2.75, 3.05) is 0 Å². The molecule has 0 saturated heterocycles. The van der Waals surface area contributed by atoms with Crippen LogP contribution in [0.4, 0.5) is 0 Å². The number of hydrogen-bond acceptors (Lipinski definition) is 3. The summed E-state index contributed by atoms with van der Waals surface area (Å²) in [6.45, 7) is 0. The SMILES string of the molecule is N#Cc1ccc(C=CC(=O)c2ccccc2C#N)cc1. The Hall–Kier alpha value is -3.17. The summed E-state index contributed by atoms with van der Waals surface area (Å²) in [5, 5.41) is 17.7. The van der Waals surface area contributed by atoms with Crippen LogP contribution in [0.5, 0.6) is 0 Å². The van der Waals surface area contributed by atoms with E-state index in [0.717, 1.165) is 5.56 Å². The number of carbonyl (C=O) groups excluding carboxylic acids is 1. The van der Waals surface area contributed by atoms with Crippen molar-refractivity contribution >= 4 is 11.9 Å². The van der Waals surface area contributed by atoms with Gasteiger partial charge in [-0.1, -0.05) is 30.3 Å². The zero-order valence-corrected chi connectivity index (χ0v) is 10.6. The summed E-state index contributed by atoms with van der Waals surface area (Å²) < 4.78 is 0. The van der Waals surface area contributed by atoms with E-state index in [1.807, 2.05) is 12.1 Å². The van der Waals surface area contributed by atoms with E-state index in [4.69, 9.17) is 10.5 Å². The zero-order chi connectivity index (χ0) is 14.4. The van der Waals surface area contributed by atoms with Crippen LogP contribution >= 0.6 is 0 Å². The van der Waals surface area contributed by atoms with Gasteiger partial charge in [-0.15, -0.1) is 0 Å². The van der Waals surface area contributed by atoms with Crippen LogP contribution in [-0.2, 0) is 0 Å². The lowest BCUT2D eigenvalue weighted by atomic mass is 10.0. The number of allylic oxidation sites excluding steroid dienone is 1. The highest BCUT2D eigenvalue weighted by Crippen LogP contribution is 2.11. The van der Waals surface area contributed by atoms with Crippen molar-refractivity contribution in [1.82, 2.24) is 0 Å². The van der Waals surface area contributed by atoms with Crippen LogP contribution in [0.2, 0.25) is 0 Å². The van der Waals surface area contributed by atoms with Crippen molar-refractivity contribution < 1.29 is 4.79 Å². The van der Waals surface area contributed by atoms with Gasteiger partial charge in [0.25, 0.3) is 0 Å². The Kier molecular flexibility index (Phi) is 4.07. The number of nitrogens with zero attached hydrogens (tertiary/aromatic N) is 2. The lowest BCUT2D eigenvalue weighted by Crippen LogP contribution is -1.97. The van der Waals surface area contributed by atoms with Crippen LogP contribution < -0.4 is 0 Å². The van der Waals surface area contributed by atoms with Gasteiger partial charge < -0.3 is 0 Å². The fourth-order valence-corrected chi connectivity index (χ4v) is 1.73. The minimum absolute atomic E-state index is 0.216. The second kappa shape index (κ2) is 6.13. The Balaban J connectivity index is 2.21. The maximum Gasteiger partial charge on any atom is 0.187 e. The molecule has 0 spiro atoms. The van der Waals surface area contributed by atoms with Gasteiger partial charge in [-0.05, 0) is 35.9 Å². The van der Waals surface area contributed by atoms with Gasteiger partial charge in [0.05, 0.1) is 23.3 Å². The third-order valence-corrected chi connectivity index (χ3v) is 2.78. The molecule has 2 aromatic rings. The smallest absolute Gasteiger partial charge is 0.187 e. The highest BCUT2D eigenvalue weighted by molar-refractivity contribution is 6.08. The molecule has 0 radical (unpaired) electrons. The van der Waals surface area contributed by atoms with E-state index in [2.05, 4.69) is 0 Å². The molecular weight excluding hydrogens is 248 g/mol. The average molecular weight is 258 g/mol. The molecule has 0 saturated carbocycles. The molecule has 0 aliphatic heterocycles. The molecule has 0 atom stereocenters. The predicted molar refractivity (Wildman–Crippen MR) is 75.7 cm³/mol. The zero-order valence-electron chi connectivity index (χ0n) is 10.6. The van der Waals surface area contributed by atoms with E-state index < -0.39 is 0 Å². The van der Waals surface area contributed by atoms with Gasteiger partial charge in [-0.2, -0.15) is 10.5 Å². The first-order chi connectivity index (χ1) is 9.74. The molecule has 0 heterocycles. The van der Waals surface area contributed by atoms with Crippen LogP contribution in [0.3, 0.4) is 0 Å². The van der Waals surface area contributed by atoms with E-state index in [1.54, 1.807) is 54.6 Å². The maximum absolute atomic E-state index is 12.0. The number of hydrogen-bond donors (Lipinski definition) is 0. The molecule has 0 bridgehead atoms.